The highest BCUT2D eigenvalue weighted by Crippen LogP contribution is 2.26. The predicted octanol–water partition coefficient (Wildman–Crippen LogP) is 3.82. The van der Waals surface area contributed by atoms with Gasteiger partial charge in [-0.25, -0.2) is 4.79 Å². The minimum absolute atomic E-state index is 0.343. The minimum Gasteiger partial charge on any atom is -0.306 e. The van der Waals surface area contributed by atoms with Crippen LogP contribution in [0.2, 0.25) is 10.0 Å². The molecule has 1 amide bonds. The van der Waals surface area contributed by atoms with Crippen LogP contribution in [0.5, 0.6) is 0 Å². The molecule has 0 radical (unpaired) electrons. The average molecular weight is 307 g/mol. The Labute approximate surface area is 124 Å². The molecule has 100 valence electrons. The van der Waals surface area contributed by atoms with Gasteiger partial charge in [0.25, 0.3) is 0 Å². The number of para-hydroxylation sites is 1. The molecule has 0 aliphatic carbocycles. The van der Waals surface area contributed by atoms with Gasteiger partial charge >= 0.3 is 6.03 Å². The molecule has 1 N–H and O–H groups in total. The molecule has 0 saturated carbocycles. The number of carbonyl (C=O) groups is 1. The van der Waals surface area contributed by atoms with E-state index in [1.807, 2.05) is 18.2 Å². The normalized spacial score (nSPS) is 10.7. The lowest BCUT2D eigenvalue weighted by Crippen LogP contribution is -2.20. The van der Waals surface area contributed by atoms with Crippen molar-refractivity contribution in [2.75, 3.05) is 5.32 Å². The number of aromatic nitrogens is 3. The molecule has 0 fully saturated rings. The molecule has 1 heterocycles. The van der Waals surface area contributed by atoms with Gasteiger partial charge in [0.15, 0.2) is 0 Å². The molecule has 0 bridgehead atoms. The first kappa shape index (κ1) is 12.9. The van der Waals surface area contributed by atoms with Crippen LogP contribution in [0.3, 0.4) is 0 Å². The third kappa shape index (κ3) is 2.33. The quantitative estimate of drug-likeness (QED) is 0.743. The molecule has 0 saturated heterocycles. The zero-order valence-electron chi connectivity index (χ0n) is 10.0. The Hall–Kier alpha value is -2.11. The molecule has 2 aromatic carbocycles. The highest BCUT2D eigenvalue weighted by atomic mass is 35.5. The SMILES string of the molecule is O=C(Nc1ccccc1)n1nnc2cc(Cl)c(Cl)cc21. The molecular formula is C13H8Cl2N4O. The molecule has 0 aliphatic rings. The first-order valence-electron chi connectivity index (χ1n) is 5.72. The first-order valence-corrected chi connectivity index (χ1v) is 6.47. The Morgan fingerprint density at radius 1 is 1.10 bits per heavy atom. The van der Waals surface area contributed by atoms with Crippen LogP contribution in [0.15, 0.2) is 42.5 Å². The largest absolute Gasteiger partial charge is 0.348 e. The highest BCUT2D eigenvalue weighted by molar-refractivity contribution is 6.42. The van der Waals surface area contributed by atoms with Crippen LogP contribution in [0.25, 0.3) is 11.0 Å². The van der Waals surface area contributed by atoms with Crippen molar-refractivity contribution in [3.8, 4) is 0 Å². The number of nitrogens with zero attached hydrogens (tertiary/aromatic N) is 3. The van der Waals surface area contributed by atoms with Crippen LogP contribution in [0.1, 0.15) is 0 Å². The number of amides is 1. The Kier molecular flexibility index (Phi) is 3.30. The summed E-state index contributed by atoms with van der Waals surface area (Å²) in [4.78, 5) is 12.2. The lowest BCUT2D eigenvalue weighted by molar-refractivity contribution is 0.251. The van der Waals surface area contributed by atoms with Crippen LogP contribution in [0.4, 0.5) is 10.5 Å². The van der Waals surface area contributed by atoms with Gasteiger partial charge in [0.05, 0.1) is 10.0 Å². The van der Waals surface area contributed by atoms with Gasteiger partial charge in [-0.2, -0.15) is 4.68 Å². The molecule has 0 atom stereocenters. The lowest BCUT2D eigenvalue weighted by Gasteiger charge is -2.04. The van der Waals surface area contributed by atoms with E-state index in [-0.39, 0.29) is 0 Å². The van der Waals surface area contributed by atoms with Gasteiger partial charge in [0.1, 0.15) is 11.0 Å². The smallest absolute Gasteiger partial charge is 0.306 e. The second kappa shape index (κ2) is 5.11. The zero-order valence-corrected chi connectivity index (χ0v) is 11.6. The molecule has 0 aliphatic heterocycles. The molecule has 0 unspecified atom stereocenters. The molecule has 3 rings (SSSR count). The summed E-state index contributed by atoms with van der Waals surface area (Å²) in [5.74, 6) is 0. The van der Waals surface area contributed by atoms with Crippen molar-refractivity contribution in [1.29, 1.82) is 0 Å². The Bertz CT molecular complexity index is 786. The van der Waals surface area contributed by atoms with Crippen LogP contribution >= 0.6 is 23.2 Å². The van der Waals surface area contributed by atoms with Gasteiger partial charge in [0.2, 0.25) is 0 Å². The summed E-state index contributed by atoms with van der Waals surface area (Å²) < 4.78 is 1.14. The van der Waals surface area contributed by atoms with Gasteiger partial charge in [-0.05, 0) is 24.3 Å². The van der Waals surface area contributed by atoms with Gasteiger partial charge < -0.3 is 5.32 Å². The molecule has 0 spiro atoms. The first-order chi connectivity index (χ1) is 9.65. The summed E-state index contributed by atoms with van der Waals surface area (Å²) in [6.07, 6.45) is 0. The number of fused-ring (bicyclic) bond motifs is 1. The van der Waals surface area contributed by atoms with E-state index < -0.39 is 6.03 Å². The molecule has 3 aromatic rings. The van der Waals surface area contributed by atoms with Gasteiger partial charge in [0, 0.05) is 5.69 Å². The van der Waals surface area contributed by atoms with E-state index >= 15 is 0 Å². The second-order valence-electron chi connectivity index (χ2n) is 4.05. The van der Waals surface area contributed by atoms with Crippen molar-refractivity contribution in [2.45, 2.75) is 0 Å². The number of benzene rings is 2. The van der Waals surface area contributed by atoms with Crippen molar-refractivity contribution in [2.24, 2.45) is 0 Å². The predicted molar refractivity (Wildman–Crippen MR) is 78.4 cm³/mol. The second-order valence-corrected chi connectivity index (χ2v) is 4.87. The number of rotatable bonds is 1. The summed E-state index contributed by atoms with van der Waals surface area (Å²) >= 11 is 11.8. The lowest BCUT2D eigenvalue weighted by atomic mass is 10.3. The van der Waals surface area contributed by atoms with Crippen molar-refractivity contribution in [3.05, 3.63) is 52.5 Å². The number of hydrogen-bond acceptors (Lipinski definition) is 3. The third-order valence-electron chi connectivity index (χ3n) is 2.70. The summed E-state index contributed by atoms with van der Waals surface area (Å²) in [5, 5.41) is 11.1. The fourth-order valence-electron chi connectivity index (χ4n) is 1.76. The molecule has 5 nitrogen and oxygen atoms in total. The molecule has 7 heteroatoms. The van der Waals surface area contributed by atoms with Gasteiger partial charge in [-0.1, -0.05) is 46.6 Å². The van der Waals surface area contributed by atoms with Crippen molar-refractivity contribution < 1.29 is 4.79 Å². The molecular weight excluding hydrogens is 299 g/mol. The van der Waals surface area contributed by atoms with Crippen molar-refractivity contribution in [1.82, 2.24) is 15.0 Å². The Morgan fingerprint density at radius 3 is 2.55 bits per heavy atom. The summed E-state index contributed by atoms with van der Waals surface area (Å²) in [5.41, 5.74) is 1.66. The van der Waals surface area contributed by atoms with Crippen LogP contribution in [-0.4, -0.2) is 21.0 Å². The average Bonchev–Trinajstić information content (AvgIpc) is 2.83. The number of halogens is 2. The number of nitrogens with one attached hydrogen (secondary N) is 1. The van der Waals surface area contributed by atoms with Crippen LogP contribution in [-0.2, 0) is 0 Å². The van der Waals surface area contributed by atoms with Crippen molar-refractivity contribution >= 4 is 46.0 Å². The van der Waals surface area contributed by atoms with E-state index in [0.29, 0.717) is 26.8 Å². The maximum Gasteiger partial charge on any atom is 0.348 e. The third-order valence-corrected chi connectivity index (χ3v) is 3.43. The fraction of sp³-hybridized carbons (Fsp3) is 0. The Morgan fingerprint density at radius 2 is 1.80 bits per heavy atom. The van der Waals surface area contributed by atoms with Gasteiger partial charge in [-0.3, -0.25) is 0 Å². The number of anilines is 1. The Balaban J connectivity index is 1.98. The van der Waals surface area contributed by atoms with E-state index in [0.717, 1.165) is 4.68 Å². The summed E-state index contributed by atoms with van der Waals surface area (Å²) in [7, 11) is 0. The zero-order chi connectivity index (χ0) is 14.1. The standard InChI is InChI=1S/C13H8Cl2N4O/c14-9-6-11-12(7-10(9)15)19(18-17-11)13(20)16-8-4-2-1-3-5-8/h1-7H,(H,16,20). The fourth-order valence-corrected chi connectivity index (χ4v) is 2.08. The molecule has 20 heavy (non-hydrogen) atoms. The maximum absolute atomic E-state index is 12.2. The van der Waals surface area contributed by atoms with Gasteiger partial charge in [-0.15, -0.1) is 5.10 Å². The summed E-state index contributed by atoms with van der Waals surface area (Å²) in [6.45, 7) is 0. The van der Waals surface area contributed by atoms with E-state index in [9.17, 15) is 4.79 Å². The highest BCUT2D eigenvalue weighted by Gasteiger charge is 2.14. The van der Waals surface area contributed by atoms with Crippen LogP contribution < -0.4 is 5.32 Å². The number of hydrogen-bond donors (Lipinski definition) is 1. The van der Waals surface area contributed by atoms with E-state index in [4.69, 9.17) is 23.2 Å². The van der Waals surface area contributed by atoms with Crippen molar-refractivity contribution in [3.63, 3.8) is 0 Å². The van der Waals surface area contributed by atoms with E-state index in [1.165, 1.54) is 0 Å². The molecule has 1 aromatic heterocycles. The monoisotopic (exact) mass is 306 g/mol. The van der Waals surface area contributed by atoms with Crippen LogP contribution in [0, 0.1) is 0 Å². The maximum atomic E-state index is 12.2. The summed E-state index contributed by atoms with van der Waals surface area (Å²) in [6, 6.07) is 11.8. The number of carbonyl (C=O) groups excluding carboxylic acids is 1. The topological polar surface area (TPSA) is 59.8 Å². The van der Waals surface area contributed by atoms with E-state index in [2.05, 4.69) is 15.6 Å². The minimum atomic E-state index is -0.419. The van der Waals surface area contributed by atoms with E-state index in [1.54, 1.807) is 24.3 Å².